The molecule has 4 heteroatoms. The van der Waals surface area contributed by atoms with E-state index in [9.17, 15) is 4.21 Å². The molecule has 0 heterocycles. The Kier molecular flexibility index (Phi) is 4.74. The van der Waals surface area contributed by atoms with Crippen LogP contribution in [0.3, 0.4) is 0 Å². The molecule has 0 bridgehead atoms. The van der Waals surface area contributed by atoms with Crippen molar-refractivity contribution in [2.24, 2.45) is 0 Å². The van der Waals surface area contributed by atoms with Crippen LogP contribution in [0.1, 0.15) is 0 Å². The second kappa shape index (κ2) is 5.64. The zero-order chi connectivity index (χ0) is 10.7. The van der Waals surface area contributed by atoms with Gasteiger partial charge in [-0.05, 0) is 24.3 Å². The molecule has 0 aliphatic heterocycles. The molecule has 1 N–H and O–H groups in total. The first-order valence-electron chi connectivity index (χ1n) is 4.60. The molecule has 0 atom stereocenters. The summed E-state index contributed by atoms with van der Waals surface area (Å²) >= 11 is 0. The fraction of sp³-hybridized carbons (Fsp3) is 0. The number of benzene rings is 2. The maximum atomic E-state index is 12.3. The standard InChI is InChI=1S/C12H11NOS.Na/c13-15(14,11-7-3-1-4-8-11)12-9-5-2-6-10-12;/h1-10,13H;. The molecule has 0 fully saturated rings. The Morgan fingerprint density at radius 1 is 0.750 bits per heavy atom. The van der Waals surface area contributed by atoms with Gasteiger partial charge in [0.15, 0.2) is 0 Å². The Balaban J connectivity index is 0.00000128. The molecule has 1 radical (unpaired) electrons. The van der Waals surface area contributed by atoms with Crippen LogP contribution in [0.25, 0.3) is 0 Å². The van der Waals surface area contributed by atoms with Crippen molar-refractivity contribution in [2.45, 2.75) is 9.79 Å². The molecule has 2 rings (SSSR count). The Bertz CT molecular complexity index is 492. The van der Waals surface area contributed by atoms with E-state index >= 15 is 0 Å². The van der Waals surface area contributed by atoms with E-state index in [1.54, 1.807) is 48.5 Å². The van der Waals surface area contributed by atoms with Crippen molar-refractivity contribution >= 4 is 39.3 Å². The summed E-state index contributed by atoms with van der Waals surface area (Å²) in [6.45, 7) is 0. The van der Waals surface area contributed by atoms with Crippen LogP contribution in [0.4, 0.5) is 0 Å². The van der Waals surface area contributed by atoms with Gasteiger partial charge in [-0.25, -0.2) is 8.99 Å². The maximum absolute atomic E-state index is 12.3. The van der Waals surface area contributed by atoms with Crippen molar-refractivity contribution < 1.29 is 4.21 Å². The van der Waals surface area contributed by atoms with E-state index in [4.69, 9.17) is 4.78 Å². The third-order valence-corrected chi connectivity index (χ3v) is 4.02. The zero-order valence-corrected chi connectivity index (χ0v) is 11.9. The third kappa shape index (κ3) is 2.74. The van der Waals surface area contributed by atoms with E-state index in [0.29, 0.717) is 9.79 Å². The molecule has 0 saturated heterocycles. The van der Waals surface area contributed by atoms with Crippen molar-refractivity contribution in [1.82, 2.24) is 0 Å². The van der Waals surface area contributed by atoms with E-state index in [1.807, 2.05) is 12.1 Å². The summed E-state index contributed by atoms with van der Waals surface area (Å²) in [4.78, 5) is 1.10. The van der Waals surface area contributed by atoms with Crippen LogP contribution in [-0.2, 0) is 9.73 Å². The Hall–Kier alpha value is -0.610. The molecule has 0 aliphatic carbocycles. The van der Waals surface area contributed by atoms with Crippen LogP contribution in [0.15, 0.2) is 70.5 Å². The van der Waals surface area contributed by atoms with Crippen LogP contribution in [0.5, 0.6) is 0 Å². The summed E-state index contributed by atoms with van der Waals surface area (Å²) in [7, 11) is -2.84. The first-order chi connectivity index (χ1) is 7.21. The monoisotopic (exact) mass is 240 g/mol. The Labute approximate surface area is 118 Å². The average Bonchev–Trinajstić information content (AvgIpc) is 2.31. The number of hydrogen-bond donors (Lipinski definition) is 1. The summed E-state index contributed by atoms with van der Waals surface area (Å²) in [6.07, 6.45) is 0. The van der Waals surface area contributed by atoms with Crippen LogP contribution in [0.2, 0.25) is 0 Å². The molecular weight excluding hydrogens is 229 g/mol. The fourth-order valence-corrected chi connectivity index (χ4v) is 2.71. The molecule has 16 heavy (non-hydrogen) atoms. The van der Waals surface area contributed by atoms with Crippen LogP contribution in [-0.4, -0.2) is 33.8 Å². The molecule has 0 aromatic heterocycles. The van der Waals surface area contributed by atoms with Gasteiger partial charge in [-0.3, -0.25) is 0 Å². The van der Waals surface area contributed by atoms with E-state index in [1.165, 1.54) is 0 Å². The minimum Gasteiger partial charge on any atom is -0.245 e. The maximum Gasteiger partial charge on any atom is 0.101 e. The molecule has 0 spiro atoms. The number of rotatable bonds is 2. The van der Waals surface area contributed by atoms with Gasteiger partial charge in [0, 0.05) is 29.6 Å². The molecule has 0 aliphatic rings. The van der Waals surface area contributed by atoms with E-state index in [-0.39, 0.29) is 29.6 Å². The van der Waals surface area contributed by atoms with Crippen molar-refractivity contribution in [3.8, 4) is 0 Å². The van der Waals surface area contributed by atoms with E-state index in [2.05, 4.69) is 0 Å². The minimum atomic E-state index is -2.84. The molecular formula is C12H11NNaOS. The molecule has 2 nitrogen and oxygen atoms in total. The van der Waals surface area contributed by atoms with Crippen molar-refractivity contribution in [2.75, 3.05) is 0 Å². The topological polar surface area (TPSA) is 40.9 Å². The predicted molar refractivity (Wildman–Crippen MR) is 66.0 cm³/mol. The molecule has 2 aromatic rings. The van der Waals surface area contributed by atoms with Gasteiger partial charge in [0.2, 0.25) is 0 Å². The van der Waals surface area contributed by atoms with E-state index < -0.39 is 9.73 Å². The molecule has 77 valence electrons. The van der Waals surface area contributed by atoms with Gasteiger partial charge in [-0.2, -0.15) is 0 Å². The summed E-state index contributed by atoms with van der Waals surface area (Å²) in [5, 5.41) is 0. The summed E-state index contributed by atoms with van der Waals surface area (Å²) < 4.78 is 20.2. The van der Waals surface area contributed by atoms with Gasteiger partial charge in [-0.1, -0.05) is 36.4 Å². The molecule has 0 unspecified atom stereocenters. The minimum absolute atomic E-state index is 0. The normalized spacial score (nSPS) is 10.5. The zero-order valence-electron chi connectivity index (χ0n) is 9.09. The first kappa shape index (κ1) is 13.5. The first-order valence-corrected chi connectivity index (χ1v) is 6.16. The number of hydrogen-bond acceptors (Lipinski definition) is 2. The third-order valence-electron chi connectivity index (χ3n) is 2.15. The quantitative estimate of drug-likeness (QED) is 0.806. The van der Waals surface area contributed by atoms with Gasteiger partial charge < -0.3 is 0 Å². The van der Waals surface area contributed by atoms with Crippen molar-refractivity contribution in [3.05, 3.63) is 60.7 Å². The fourth-order valence-electron chi connectivity index (χ4n) is 1.36. The van der Waals surface area contributed by atoms with E-state index in [0.717, 1.165) is 0 Å². The summed E-state index contributed by atoms with van der Waals surface area (Å²) in [5.41, 5.74) is 0. The molecule has 2 aromatic carbocycles. The summed E-state index contributed by atoms with van der Waals surface area (Å²) in [6, 6.07) is 17.8. The summed E-state index contributed by atoms with van der Waals surface area (Å²) in [5.74, 6) is 0. The largest absolute Gasteiger partial charge is 0.245 e. The van der Waals surface area contributed by atoms with Crippen molar-refractivity contribution in [3.63, 3.8) is 0 Å². The number of nitrogens with one attached hydrogen (secondary N) is 1. The Morgan fingerprint density at radius 3 is 1.38 bits per heavy atom. The predicted octanol–water partition coefficient (Wildman–Crippen LogP) is 2.77. The second-order valence-corrected chi connectivity index (χ2v) is 5.24. The molecule has 0 amide bonds. The van der Waals surface area contributed by atoms with Crippen LogP contribution in [0, 0.1) is 4.78 Å². The SMILES string of the molecule is N=S(=O)(c1ccccc1)c1ccccc1.[Na]. The van der Waals surface area contributed by atoms with Gasteiger partial charge in [0.1, 0.15) is 9.73 Å². The Morgan fingerprint density at radius 2 is 1.06 bits per heavy atom. The smallest absolute Gasteiger partial charge is 0.101 e. The van der Waals surface area contributed by atoms with Crippen molar-refractivity contribution in [1.29, 1.82) is 4.78 Å². The van der Waals surface area contributed by atoms with Gasteiger partial charge in [0.05, 0.1) is 9.79 Å². The van der Waals surface area contributed by atoms with Crippen LogP contribution >= 0.6 is 0 Å². The van der Waals surface area contributed by atoms with Crippen LogP contribution < -0.4 is 0 Å². The second-order valence-electron chi connectivity index (χ2n) is 3.18. The molecule has 0 saturated carbocycles. The van der Waals surface area contributed by atoms with Gasteiger partial charge in [0.25, 0.3) is 0 Å². The van der Waals surface area contributed by atoms with Gasteiger partial charge >= 0.3 is 0 Å². The van der Waals surface area contributed by atoms with Gasteiger partial charge in [-0.15, -0.1) is 0 Å². The average molecular weight is 240 g/mol.